The van der Waals surface area contributed by atoms with Crippen LogP contribution in [0.25, 0.3) is 0 Å². The fourth-order valence-electron chi connectivity index (χ4n) is 3.01. The first kappa shape index (κ1) is 16.4. The van der Waals surface area contributed by atoms with Crippen LogP contribution in [0.15, 0.2) is 18.2 Å². The third kappa shape index (κ3) is 4.77. The summed E-state index contributed by atoms with van der Waals surface area (Å²) in [6.07, 6.45) is 2.45. The molecule has 2 atom stereocenters. The van der Waals surface area contributed by atoms with Gasteiger partial charge in [0.1, 0.15) is 5.82 Å². The Kier molecular flexibility index (Phi) is 6.15. The average molecular weight is 295 g/mol. The molecule has 2 rings (SSSR count). The van der Waals surface area contributed by atoms with Crippen molar-refractivity contribution in [3.63, 3.8) is 0 Å². The zero-order valence-electron chi connectivity index (χ0n) is 13.0. The summed E-state index contributed by atoms with van der Waals surface area (Å²) < 4.78 is 18.8. The lowest BCUT2D eigenvalue weighted by Crippen LogP contribution is -2.38. The van der Waals surface area contributed by atoms with E-state index in [2.05, 4.69) is 4.90 Å². The first-order valence-corrected chi connectivity index (χ1v) is 7.75. The summed E-state index contributed by atoms with van der Waals surface area (Å²) in [5.74, 6) is 0.349. The second-order valence-electron chi connectivity index (χ2n) is 6.08. The van der Waals surface area contributed by atoms with Gasteiger partial charge in [-0.1, -0.05) is 12.1 Å². The van der Waals surface area contributed by atoms with Crippen molar-refractivity contribution in [1.29, 1.82) is 0 Å². The SMILES string of the molecule is COCC1CCCN(CCC(O)c2ccc(C)c(F)c2)C1. The van der Waals surface area contributed by atoms with Crippen molar-refractivity contribution in [2.45, 2.75) is 32.3 Å². The molecule has 2 unspecified atom stereocenters. The maximum atomic E-state index is 13.5. The van der Waals surface area contributed by atoms with E-state index >= 15 is 0 Å². The van der Waals surface area contributed by atoms with Crippen LogP contribution < -0.4 is 0 Å². The lowest BCUT2D eigenvalue weighted by molar-refractivity contribution is 0.0778. The molecule has 1 heterocycles. The van der Waals surface area contributed by atoms with Gasteiger partial charge in [-0.05, 0) is 55.8 Å². The Balaban J connectivity index is 1.82. The number of aliphatic hydroxyl groups is 1. The molecule has 1 aliphatic heterocycles. The molecular weight excluding hydrogens is 269 g/mol. The number of ether oxygens (including phenoxy) is 1. The summed E-state index contributed by atoms with van der Waals surface area (Å²) in [7, 11) is 1.74. The topological polar surface area (TPSA) is 32.7 Å². The van der Waals surface area contributed by atoms with Gasteiger partial charge in [-0.2, -0.15) is 0 Å². The lowest BCUT2D eigenvalue weighted by atomic mass is 9.98. The molecule has 0 bridgehead atoms. The molecule has 1 N–H and O–H groups in total. The first-order chi connectivity index (χ1) is 10.1. The van der Waals surface area contributed by atoms with Crippen molar-refractivity contribution in [1.82, 2.24) is 4.90 Å². The number of likely N-dealkylation sites (tertiary alicyclic amines) is 1. The quantitative estimate of drug-likeness (QED) is 0.876. The Bertz CT molecular complexity index is 450. The number of hydrogen-bond acceptors (Lipinski definition) is 3. The minimum Gasteiger partial charge on any atom is -0.388 e. The van der Waals surface area contributed by atoms with Crippen molar-refractivity contribution in [3.8, 4) is 0 Å². The predicted octanol–water partition coefficient (Wildman–Crippen LogP) is 2.92. The molecule has 1 saturated heterocycles. The highest BCUT2D eigenvalue weighted by molar-refractivity contribution is 5.24. The molecular formula is C17H26FNO2. The molecule has 1 aliphatic rings. The zero-order chi connectivity index (χ0) is 15.2. The Labute approximate surface area is 126 Å². The summed E-state index contributed by atoms with van der Waals surface area (Å²) in [6.45, 7) is 5.49. The van der Waals surface area contributed by atoms with Crippen LogP contribution in [0.4, 0.5) is 4.39 Å². The van der Waals surface area contributed by atoms with E-state index in [-0.39, 0.29) is 5.82 Å². The van der Waals surface area contributed by atoms with Crippen LogP contribution in [0.2, 0.25) is 0 Å². The van der Waals surface area contributed by atoms with Gasteiger partial charge in [0.05, 0.1) is 12.7 Å². The zero-order valence-corrected chi connectivity index (χ0v) is 13.0. The molecule has 4 heteroatoms. The number of methoxy groups -OCH3 is 1. The van der Waals surface area contributed by atoms with Crippen LogP contribution in [0, 0.1) is 18.7 Å². The van der Waals surface area contributed by atoms with Crippen LogP contribution in [-0.2, 0) is 4.74 Å². The monoisotopic (exact) mass is 295 g/mol. The largest absolute Gasteiger partial charge is 0.388 e. The molecule has 21 heavy (non-hydrogen) atoms. The van der Waals surface area contributed by atoms with Crippen LogP contribution in [0.5, 0.6) is 0 Å². The van der Waals surface area contributed by atoms with E-state index in [9.17, 15) is 9.50 Å². The molecule has 0 spiro atoms. The number of halogens is 1. The van der Waals surface area contributed by atoms with E-state index in [1.807, 2.05) is 6.07 Å². The average Bonchev–Trinajstić information content (AvgIpc) is 2.48. The van der Waals surface area contributed by atoms with E-state index in [0.717, 1.165) is 26.2 Å². The van der Waals surface area contributed by atoms with Gasteiger partial charge in [-0.3, -0.25) is 0 Å². The number of benzene rings is 1. The third-order valence-corrected chi connectivity index (χ3v) is 4.30. The number of piperidine rings is 1. The summed E-state index contributed by atoms with van der Waals surface area (Å²) in [4.78, 5) is 2.38. The Morgan fingerprint density at radius 1 is 1.48 bits per heavy atom. The highest BCUT2D eigenvalue weighted by Crippen LogP contribution is 2.22. The van der Waals surface area contributed by atoms with E-state index in [4.69, 9.17) is 4.74 Å². The molecule has 0 aromatic heterocycles. The van der Waals surface area contributed by atoms with Crippen molar-refractivity contribution in [3.05, 3.63) is 35.1 Å². The normalized spacial score (nSPS) is 21.4. The van der Waals surface area contributed by atoms with E-state index in [1.54, 1.807) is 20.1 Å². The maximum absolute atomic E-state index is 13.5. The Hall–Kier alpha value is -0.970. The van der Waals surface area contributed by atoms with Gasteiger partial charge < -0.3 is 14.7 Å². The second kappa shape index (κ2) is 7.87. The second-order valence-corrected chi connectivity index (χ2v) is 6.08. The van der Waals surface area contributed by atoms with E-state index in [1.165, 1.54) is 18.9 Å². The van der Waals surface area contributed by atoms with Gasteiger partial charge in [0, 0.05) is 20.2 Å². The van der Waals surface area contributed by atoms with Gasteiger partial charge in [-0.15, -0.1) is 0 Å². The smallest absolute Gasteiger partial charge is 0.126 e. The summed E-state index contributed by atoms with van der Waals surface area (Å²) in [5, 5.41) is 10.2. The standard InChI is InChI=1S/C17H26FNO2/c1-13-5-6-15(10-16(13)18)17(20)7-9-19-8-3-4-14(11-19)12-21-2/h5-6,10,14,17,20H,3-4,7-9,11-12H2,1-2H3. The molecule has 1 fully saturated rings. The molecule has 1 aromatic carbocycles. The summed E-state index contributed by atoms with van der Waals surface area (Å²) in [5.41, 5.74) is 1.29. The minimum absolute atomic E-state index is 0.246. The summed E-state index contributed by atoms with van der Waals surface area (Å²) in [6, 6.07) is 4.99. The van der Waals surface area contributed by atoms with Gasteiger partial charge >= 0.3 is 0 Å². The van der Waals surface area contributed by atoms with Crippen LogP contribution in [0.3, 0.4) is 0 Å². The Morgan fingerprint density at radius 2 is 2.29 bits per heavy atom. The molecule has 0 saturated carbocycles. The van der Waals surface area contributed by atoms with E-state index < -0.39 is 6.10 Å². The fourth-order valence-corrected chi connectivity index (χ4v) is 3.01. The maximum Gasteiger partial charge on any atom is 0.126 e. The first-order valence-electron chi connectivity index (χ1n) is 7.75. The highest BCUT2D eigenvalue weighted by Gasteiger charge is 2.20. The third-order valence-electron chi connectivity index (χ3n) is 4.30. The lowest BCUT2D eigenvalue weighted by Gasteiger charge is -2.32. The summed E-state index contributed by atoms with van der Waals surface area (Å²) >= 11 is 0. The Morgan fingerprint density at radius 3 is 3.00 bits per heavy atom. The van der Waals surface area contributed by atoms with Crippen molar-refractivity contribution in [2.24, 2.45) is 5.92 Å². The van der Waals surface area contributed by atoms with Crippen LogP contribution in [-0.4, -0.2) is 43.4 Å². The van der Waals surface area contributed by atoms with E-state index in [0.29, 0.717) is 23.5 Å². The fraction of sp³-hybridized carbons (Fsp3) is 0.647. The van der Waals surface area contributed by atoms with Crippen molar-refractivity contribution >= 4 is 0 Å². The molecule has 0 amide bonds. The molecule has 1 aromatic rings. The van der Waals surface area contributed by atoms with Crippen LogP contribution in [0.1, 0.15) is 36.5 Å². The highest BCUT2D eigenvalue weighted by atomic mass is 19.1. The van der Waals surface area contributed by atoms with Gasteiger partial charge in [0.2, 0.25) is 0 Å². The number of nitrogens with zero attached hydrogens (tertiary/aromatic N) is 1. The number of rotatable bonds is 6. The molecule has 0 aliphatic carbocycles. The number of hydrogen-bond donors (Lipinski definition) is 1. The molecule has 0 radical (unpaired) electrons. The molecule has 3 nitrogen and oxygen atoms in total. The minimum atomic E-state index is -0.595. The van der Waals surface area contributed by atoms with Crippen molar-refractivity contribution in [2.75, 3.05) is 33.4 Å². The van der Waals surface area contributed by atoms with Gasteiger partial charge in [-0.25, -0.2) is 4.39 Å². The van der Waals surface area contributed by atoms with Gasteiger partial charge in [0.25, 0.3) is 0 Å². The van der Waals surface area contributed by atoms with Crippen molar-refractivity contribution < 1.29 is 14.2 Å². The molecule has 118 valence electrons. The van der Waals surface area contributed by atoms with Gasteiger partial charge in [0.15, 0.2) is 0 Å². The predicted molar refractivity (Wildman–Crippen MR) is 81.8 cm³/mol. The van der Waals surface area contributed by atoms with Crippen LogP contribution >= 0.6 is 0 Å². The number of aliphatic hydroxyl groups excluding tert-OH is 1. The number of aryl methyl sites for hydroxylation is 1.